The van der Waals surface area contributed by atoms with Crippen LogP contribution >= 0.6 is 11.8 Å². The smallest absolute Gasteiger partial charge is 0.227 e. The second kappa shape index (κ2) is 7.44. The van der Waals surface area contributed by atoms with E-state index in [-0.39, 0.29) is 29.7 Å². The molecule has 2 N–H and O–H groups in total. The highest BCUT2D eigenvalue weighted by Crippen LogP contribution is 2.16. The van der Waals surface area contributed by atoms with E-state index in [1.165, 1.54) is 0 Å². The molecule has 0 bridgehead atoms. The van der Waals surface area contributed by atoms with Gasteiger partial charge >= 0.3 is 0 Å². The molecule has 4 heteroatoms. The Balaban J connectivity index is 2.60. The Morgan fingerprint density at radius 3 is 2.44 bits per heavy atom. The van der Waals surface area contributed by atoms with Crippen molar-refractivity contribution in [2.75, 3.05) is 12.9 Å². The van der Waals surface area contributed by atoms with E-state index in [0.29, 0.717) is 0 Å². The monoisotopic (exact) mass is 267 g/mol. The summed E-state index contributed by atoms with van der Waals surface area (Å²) >= 11 is 1.56. The predicted octanol–water partition coefficient (Wildman–Crippen LogP) is 2.02. The fourth-order valence-electron chi connectivity index (χ4n) is 1.77. The van der Waals surface area contributed by atoms with E-state index in [4.69, 9.17) is 0 Å². The molecule has 3 atom stereocenters. The number of nitrogens with one attached hydrogen (secondary N) is 1. The number of benzene rings is 1. The first kappa shape index (κ1) is 15.1. The SMILES string of the molecule is CSC(CO)C(C)NC(=O)C(C)c1ccccc1. The van der Waals surface area contributed by atoms with Crippen molar-refractivity contribution < 1.29 is 9.90 Å². The van der Waals surface area contributed by atoms with Gasteiger partial charge in [-0.05, 0) is 25.7 Å². The third-order valence-electron chi connectivity index (χ3n) is 3.10. The molecule has 1 rings (SSSR count). The molecule has 0 aromatic heterocycles. The Bertz CT molecular complexity index is 365. The molecule has 0 fully saturated rings. The van der Waals surface area contributed by atoms with Crippen molar-refractivity contribution in [2.24, 2.45) is 0 Å². The van der Waals surface area contributed by atoms with Crippen LogP contribution in [-0.4, -0.2) is 35.2 Å². The van der Waals surface area contributed by atoms with Crippen LogP contribution in [0.5, 0.6) is 0 Å². The maximum atomic E-state index is 12.1. The van der Waals surface area contributed by atoms with Crippen molar-refractivity contribution >= 4 is 17.7 Å². The van der Waals surface area contributed by atoms with E-state index < -0.39 is 0 Å². The lowest BCUT2D eigenvalue weighted by Gasteiger charge is -2.23. The Morgan fingerprint density at radius 1 is 1.33 bits per heavy atom. The summed E-state index contributed by atoms with van der Waals surface area (Å²) in [6.07, 6.45) is 1.93. The molecule has 3 unspecified atom stereocenters. The zero-order valence-electron chi connectivity index (χ0n) is 11.1. The molecular formula is C14H21NO2S. The van der Waals surface area contributed by atoms with Gasteiger partial charge < -0.3 is 10.4 Å². The normalized spacial score (nSPS) is 15.8. The fraction of sp³-hybridized carbons (Fsp3) is 0.500. The van der Waals surface area contributed by atoms with Crippen molar-refractivity contribution in [1.29, 1.82) is 0 Å². The van der Waals surface area contributed by atoms with Gasteiger partial charge in [0.2, 0.25) is 5.91 Å². The molecule has 1 aromatic rings. The minimum Gasteiger partial charge on any atom is -0.395 e. The molecule has 100 valence electrons. The minimum absolute atomic E-state index is 0.00111. The minimum atomic E-state index is -0.171. The lowest BCUT2D eigenvalue weighted by atomic mass is 10.00. The van der Waals surface area contributed by atoms with Gasteiger partial charge in [-0.2, -0.15) is 11.8 Å². The number of aliphatic hydroxyl groups is 1. The molecule has 18 heavy (non-hydrogen) atoms. The molecule has 3 nitrogen and oxygen atoms in total. The van der Waals surface area contributed by atoms with Crippen LogP contribution in [0.1, 0.15) is 25.3 Å². The molecule has 0 aliphatic carbocycles. The summed E-state index contributed by atoms with van der Waals surface area (Å²) in [6, 6.07) is 9.66. The standard InChI is InChI=1S/C14H21NO2S/c1-10(12-7-5-4-6-8-12)14(17)15-11(2)13(9-16)18-3/h4-8,10-11,13,16H,9H2,1-3H3,(H,15,17). The summed E-state index contributed by atoms with van der Waals surface area (Å²) in [6.45, 7) is 3.89. The maximum Gasteiger partial charge on any atom is 0.227 e. The van der Waals surface area contributed by atoms with Gasteiger partial charge in [-0.25, -0.2) is 0 Å². The van der Waals surface area contributed by atoms with Crippen LogP contribution in [0.15, 0.2) is 30.3 Å². The molecule has 0 spiro atoms. The van der Waals surface area contributed by atoms with Crippen molar-refractivity contribution in [3.8, 4) is 0 Å². The number of thioether (sulfide) groups is 1. The Labute approximate surface area is 113 Å². The number of rotatable bonds is 6. The van der Waals surface area contributed by atoms with Crippen molar-refractivity contribution in [3.05, 3.63) is 35.9 Å². The fourth-order valence-corrected chi connectivity index (χ4v) is 2.40. The van der Waals surface area contributed by atoms with E-state index >= 15 is 0 Å². The van der Waals surface area contributed by atoms with Gasteiger partial charge in [-0.1, -0.05) is 30.3 Å². The molecule has 0 aliphatic heterocycles. The summed E-state index contributed by atoms with van der Waals surface area (Å²) in [5, 5.41) is 12.2. The molecule has 0 radical (unpaired) electrons. The number of aliphatic hydroxyl groups excluding tert-OH is 1. The predicted molar refractivity (Wildman–Crippen MR) is 76.9 cm³/mol. The molecule has 0 saturated heterocycles. The van der Waals surface area contributed by atoms with Crippen molar-refractivity contribution in [1.82, 2.24) is 5.32 Å². The zero-order chi connectivity index (χ0) is 13.5. The number of amides is 1. The average molecular weight is 267 g/mol. The van der Waals surface area contributed by atoms with Crippen LogP contribution in [0.4, 0.5) is 0 Å². The van der Waals surface area contributed by atoms with Crippen LogP contribution in [-0.2, 0) is 4.79 Å². The van der Waals surface area contributed by atoms with E-state index in [1.54, 1.807) is 11.8 Å². The summed E-state index contributed by atoms with van der Waals surface area (Å²) in [5.74, 6) is -0.170. The third kappa shape index (κ3) is 4.03. The van der Waals surface area contributed by atoms with Crippen LogP contribution < -0.4 is 5.32 Å². The van der Waals surface area contributed by atoms with Gasteiger partial charge in [0, 0.05) is 11.3 Å². The van der Waals surface area contributed by atoms with E-state index in [0.717, 1.165) is 5.56 Å². The topological polar surface area (TPSA) is 49.3 Å². The largest absolute Gasteiger partial charge is 0.395 e. The quantitative estimate of drug-likeness (QED) is 0.829. The molecular weight excluding hydrogens is 246 g/mol. The highest BCUT2D eigenvalue weighted by Gasteiger charge is 2.21. The highest BCUT2D eigenvalue weighted by atomic mass is 32.2. The molecule has 0 aliphatic rings. The Kier molecular flexibility index (Phi) is 6.22. The number of hydrogen-bond donors (Lipinski definition) is 2. The number of carbonyl (C=O) groups is 1. The second-order valence-corrected chi connectivity index (χ2v) is 5.46. The average Bonchev–Trinajstić information content (AvgIpc) is 2.40. The van der Waals surface area contributed by atoms with Crippen molar-refractivity contribution in [3.63, 3.8) is 0 Å². The molecule has 1 amide bonds. The van der Waals surface area contributed by atoms with Gasteiger partial charge in [0.05, 0.1) is 12.5 Å². The van der Waals surface area contributed by atoms with E-state index in [9.17, 15) is 9.90 Å². The van der Waals surface area contributed by atoms with Crippen LogP contribution in [0.25, 0.3) is 0 Å². The third-order valence-corrected chi connectivity index (χ3v) is 4.27. The van der Waals surface area contributed by atoms with Gasteiger partial charge in [-0.3, -0.25) is 4.79 Å². The summed E-state index contributed by atoms with van der Waals surface area (Å²) < 4.78 is 0. The molecule has 0 saturated carbocycles. The maximum absolute atomic E-state index is 12.1. The first-order valence-corrected chi connectivity index (χ1v) is 7.38. The summed E-state index contributed by atoms with van der Waals surface area (Å²) in [5.41, 5.74) is 1.01. The second-order valence-electron chi connectivity index (χ2n) is 4.39. The van der Waals surface area contributed by atoms with Gasteiger partial charge in [-0.15, -0.1) is 0 Å². The Morgan fingerprint density at radius 2 is 1.94 bits per heavy atom. The van der Waals surface area contributed by atoms with Crippen LogP contribution in [0.3, 0.4) is 0 Å². The van der Waals surface area contributed by atoms with Crippen LogP contribution in [0.2, 0.25) is 0 Å². The van der Waals surface area contributed by atoms with E-state index in [2.05, 4.69) is 5.32 Å². The van der Waals surface area contributed by atoms with Gasteiger partial charge in [0.1, 0.15) is 0 Å². The lowest BCUT2D eigenvalue weighted by molar-refractivity contribution is -0.122. The van der Waals surface area contributed by atoms with E-state index in [1.807, 2.05) is 50.4 Å². The molecule has 1 aromatic carbocycles. The van der Waals surface area contributed by atoms with Crippen molar-refractivity contribution in [2.45, 2.75) is 31.1 Å². The molecule has 0 heterocycles. The Hall–Kier alpha value is -1.00. The summed E-state index contributed by atoms with van der Waals surface area (Å²) in [7, 11) is 0. The lowest BCUT2D eigenvalue weighted by Crippen LogP contribution is -2.42. The summed E-state index contributed by atoms with van der Waals surface area (Å²) in [4.78, 5) is 12.1. The van der Waals surface area contributed by atoms with Gasteiger partial charge in [0.25, 0.3) is 0 Å². The number of hydrogen-bond acceptors (Lipinski definition) is 3. The number of carbonyl (C=O) groups excluding carboxylic acids is 1. The zero-order valence-corrected chi connectivity index (χ0v) is 11.9. The van der Waals surface area contributed by atoms with Crippen LogP contribution in [0, 0.1) is 0 Å². The highest BCUT2D eigenvalue weighted by molar-refractivity contribution is 7.99. The van der Waals surface area contributed by atoms with Gasteiger partial charge in [0.15, 0.2) is 0 Å². The first-order chi connectivity index (χ1) is 8.60. The first-order valence-electron chi connectivity index (χ1n) is 6.09.